The quantitative estimate of drug-likeness (QED) is 0.370. The molecule has 4 nitrogen and oxygen atoms in total. The molecule has 30 heavy (non-hydrogen) atoms. The molecule has 1 aromatic heterocycles. The second-order valence-electron chi connectivity index (χ2n) is 7.11. The first-order valence-corrected chi connectivity index (χ1v) is 11.0. The van der Waals surface area contributed by atoms with Crippen LogP contribution in [0.3, 0.4) is 0 Å². The van der Waals surface area contributed by atoms with Gasteiger partial charge >= 0.3 is 0 Å². The molecule has 1 heterocycles. The molecule has 0 atom stereocenters. The van der Waals surface area contributed by atoms with Crippen LogP contribution in [-0.2, 0) is 11.2 Å². The number of hydrogen-bond donors (Lipinski definition) is 2. The Bertz CT molecular complexity index is 1170. The van der Waals surface area contributed by atoms with Gasteiger partial charge in [0, 0.05) is 27.9 Å². The van der Waals surface area contributed by atoms with Crippen LogP contribution in [0, 0.1) is 6.92 Å². The summed E-state index contributed by atoms with van der Waals surface area (Å²) in [5, 5.41) is 7.55. The third-order valence-corrected chi connectivity index (χ3v) is 5.67. The maximum Gasteiger partial charge on any atom is 0.228 e. The van der Waals surface area contributed by atoms with Gasteiger partial charge in [0.25, 0.3) is 0 Å². The summed E-state index contributed by atoms with van der Waals surface area (Å²) in [5.41, 5.74) is 5.87. The Kier molecular flexibility index (Phi) is 6.00. The predicted molar refractivity (Wildman–Crippen MR) is 127 cm³/mol. The van der Waals surface area contributed by atoms with E-state index in [0.29, 0.717) is 6.42 Å². The van der Waals surface area contributed by atoms with Crippen LogP contribution in [0.5, 0.6) is 0 Å². The summed E-state index contributed by atoms with van der Waals surface area (Å²) in [6.45, 7) is 2.05. The number of benzene rings is 3. The van der Waals surface area contributed by atoms with Crippen LogP contribution >= 0.6 is 11.8 Å². The average molecular weight is 414 g/mol. The Morgan fingerprint density at radius 2 is 1.63 bits per heavy atom. The minimum absolute atomic E-state index is 0.0245. The molecular weight excluding hydrogens is 390 g/mol. The van der Waals surface area contributed by atoms with Crippen molar-refractivity contribution in [3.05, 3.63) is 90.1 Å². The zero-order valence-electron chi connectivity index (χ0n) is 17.0. The fourth-order valence-corrected chi connectivity index (χ4v) is 3.73. The van der Waals surface area contributed by atoms with Crippen LogP contribution in [0.15, 0.2) is 83.9 Å². The molecule has 4 aromatic rings. The summed E-state index contributed by atoms with van der Waals surface area (Å²) in [6.07, 6.45) is 4.25. The number of hydrogen-bond acceptors (Lipinski definition) is 4. The van der Waals surface area contributed by atoms with Gasteiger partial charge in [-0.1, -0.05) is 30.3 Å². The number of carbonyl (C=O) groups excluding carboxylic acids is 1. The van der Waals surface area contributed by atoms with E-state index in [4.69, 9.17) is 0 Å². The standard InChI is InChI=1S/C25H23N3OS/c1-17-16-26-23-6-4-3-5-22(23)25(17)28-20-9-7-18(8-10-20)15-24(29)27-19-11-13-21(30-2)14-12-19/h3-14,16H,15H2,1-2H3,(H,26,28)(H,27,29). The van der Waals surface area contributed by atoms with E-state index in [2.05, 4.69) is 21.7 Å². The van der Waals surface area contributed by atoms with Crippen molar-refractivity contribution in [2.45, 2.75) is 18.2 Å². The van der Waals surface area contributed by atoms with Crippen molar-refractivity contribution in [2.24, 2.45) is 0 Å². The highest BCUT2D eigenvalue weighted by Crippen LogP contribution is 2.28. The van der Waals surface area contributed by atoms with E-state index in [-0.39, 0.29) is 5.91 Å². The van der Waals surface area contributed by atoms with E-state index in [9.17, 15) is 4.79 Å². The van der Waals surface area contributed by atoms with Gasteiger partial charge in [0.05, 0.1) is 17.6 Å². The van der Waals surface area contributed by atoms with Gasteiger partial charge in [-0.25, -0.2) is 0 Å². The number of anilines is 3. The highest BCUT2D eigenvalue weighted by molar-refractivity contribution is 7.98. The highest BCUT2D eigenvalue weighted by atomic mass is 32.2. The molecular formula is C25H23N3OS. The Morgan fingerprint density at radius 1 is 0.933 bits per heavy atom. The summed E-state index contributed by atoms with van der Waals surface area (Å²) in [5.74, 6) is -0.0245. The Morgan fingerprint density at radius 3 is 2.37 bits per heavy atom. The van der Waals surface area contributed by atoms with Crippen molar-refractivity contribution in [3.8, 4) is 0 Å². The molecule has 0 fully saturated rings. The van der Waals surface area contributed by atoms with Gasteiger partial charge in [-0.05, 0) is 66.8 Å². The third kappa shape index (κ3) is 4.63. The lowest BCUT2D eigenvalue weighted by molar-refractivity contribution is -0.115. The molecule has 1 amide bonds. The highest BCUT2D eigenvalue weighted by Gasteiger charge is 2.08. The number of para-hydroxylation sites is 1. The lowest BCUT2D eigenvalue weighted by Crippen LogP contribution is -2.14. The van der Waals surface area contributed by atoms with Crippen molar-refractivity contribution in [2.75, 3.05) is 16.9 Å². The first-order chi connectivity index (χ1) is 14.6. The average Bonchev–Trinajstić information content (AvgIpc) is 2.77. The summed E-state index contributed by atoms with van der Waals surface area (Å²) in [4.78, 5) is 18.0. The van der Waals surface area contributed by atoms with E-state index >= 15 is 0 Å². The Hall–Kier alpha value is -3.31. The molecule has 0 aliphatic carbocycles. The van der Waals surface area contributed by atoms with Gasteiger partial charge < -0.3 is 10.6 Å². The zero-order chi connectivity index (χ0) is 20.9. The first kappa shape index (κ1) is 20.0. The number of rotatable bonds is 6. The lowest BCUT2D eigenvalue weighted by Gasteiger charge is -2.13. The van der Waals surface area contributed by atoms with Gasteiger partial charge in [0.2, 0.25) is 5.91 Å². The lowest BCUT2D eigenvalue weighted by atomic mass is 10.1. The van der Waals surface area contributed by atoms with Crippen LogP contribution in [0.1, 0.15) is 11.1 Å². The second kappa shape index (κ2) is 9.01. The number of thioether (sulfide) groups is 1. The molecule has 0 aliphatic rings. The Labute approximate surface area is 180 Å². The summed E-state index contributed by atoms with van der Waals surface area (Å²) in [6, 6.07) is 23.9. The molecule has 150 valence electrons. The molecule has 0 bridgehead atoms. The molecule has 0 radical (unpaired) electrons. The number of aromatic nitrogens is 1. The molecule has 5 heteroatoms. The zero-order valence-corrected chi connectivity index (χ0v) is 17.8. The molecule has 2 N–H and O–H groups in total. The fourth-order valence-electron chi connectivity index (χ4n) is 3.32. The van der Waals surface area contributed by atoms with E-state index in [1.54, 1.807) is 11.8 Å². The number of aryl methyl sites for hydroxylation is 1. The monoisotopic (exact) mass is 413 g/mol. The third-order valence-electron chi connectivity index (χ3n) is 4.93. The maximum atomic E-state index is 12.4. The summed E-state index contributed by atoms with van der Waals surface area (Å²) in [7, 11) is 0. The number of nitrogens with zero attached hydrogens (tertiary/aromatic N) is 1. The van der Waals surface area contributed by atoms with Crippen molar-refractivity contribution in [3.63, 3.8) is 0 Å². The molecule has 0 spiro atoms. The summed E-state index contributed by atoms with van der Waals surface area (Å²) < 4.78 is 0. The summed E-state index contributed by atoms with van der Waals surface area (Å²) >= 11 is 1.68. The number of fused-ring (bicyclic) bond motifs is 1. The molecule has 0 saturated heterocycles. The van der Waals surface area contributed by atoms with Crippen molar-refractivity contribution in [1.82, 2.24) is 4.98 Å². The van der Waals surface area contributed by atoms with Gasteiger partial charge in [-0.3, -0.25) is 9.78 Å². The van der Waals surface area contributed by atoms with Gasteiger partial charge in [0.1, 0.15) is 0 Å². The van der Waals surface area contributed by atoms with Crippen LogP contribution in [0.2, 0.25) is 0 Å². The van der Waals surface area contributed by atoms with E-state index in [0.717, 1.165) is 39.1 Å². The topological polar surface area (TPSA) is 54.0 Å². The SMILES string of the molecule is CSc1ccc(NC(=O)Cc2ccc(Nc3c(C)cnc4ccccc34)cc2)cc1. The largest absolute Gasteiger partial charge is 0.355 e. The fraction of sp³-hybridized carbons (Fsp3) is 0.120. The molecule has 0 saturated carbocycles. The minimum Gasteiger partial charge on any atom is -0.355 e. The number of nitrogens with one attached hydrogen (secondary N) is 2. The van der Waals surface area contributed by atoms with E-state index in [1.807, 2.05) is 86.1 Å². The molecule has 0 aliphatic heterocycles. The van der Waals surface area contributed by atoms with Crippen LogP contribution in [0.4, 0.5) is 17.1 Å². The Balaban J connectivity index is 1.43. The van der Waals surface area contributed by atoms with Crippen molar-refractivity contribution >= 4 is 45.6 Å². The van der Waals surface area contributed by atoms with E-state index < -0.39 is 0 Å². The van der Waals surface area contributed by atoms with Crippen molar-refractivity contribution in [1.29, 1.82) is 0 Å². The van der Waals surface area contributed by atoms with Gasteiger partial charge in [-0.15, -0.1) is 11.8 Å². The molecule has 0 unspecified atom stereocenters. The number of amides is 1. The van der Waals surface area contributed by atoms with Crippen LogP contribution in [0.25, 0.3) is 10.9 Å². The van der Waals surface area contributed by atoms with Gasteiger partial charge in [0.15, 0.2) is 0 Å². The first-order valence-electron chi connectivity index (χ1n) is 9.76. The second-order valence-corrected chi connectivity index (χ2v) is 7.99. The minimum atomic E-state index is -0.0245. The number of pyridine rings is 1. The smallest absolute Gasteiger partial charge is 0.228 e. The molecule has 4 rings (SSSR count). The van der Waals surface area contributed by atoms with Gasteiger partial charge in [-0.2, -0.15) is 0 Å². The normalized spacial score (nSPS) is 10.7. The molecule has 3 aromatic carbocycles. The van der Waals surface area contributed by atoms with E-state index in [1.165, 1.54) is 4.90 Å². The number of carbonyl (C=O) groups is 1. The van der Waals surface area contributed by atoms with Crippen LogP contribution in [-0.4, -0.2) is 17.1 Å². The predicted octanol–water partition coefficient (Wildman–Crippen LogP) is 6.19. The van der Waals surface area contributed by atoms with Crippen molar-refractivity contribution < 1.29 is 4.79 Å². The van der Waals surface area contributed by atoms with Crippen LogP contribution < -0.4 is 10.6 Å². The maximum absolute atomic E-state index is 12.4.